The molecule has 0 saturated carbocycles. The maximum Gasteiger partial charge on any atom is 0.274 e. The molecular formula is C19H21ClN6O2. The van der Waals surface area contributed by atoms with Crippen molar-refractivity contribution in [3.05, 3.63) is 52.8 Å². The molecule has 0 unspecified atom stereocenters. The first-order valence-corrected chi connectivity index (χ1v) is 8.87. The maximum absolute atomic E-state index is 12.3. The molecule has 2 aromatic heterocycles. The second-order valence-electron chi connectivity index (χ2n) is 6.42. The molecule has 146 valence electrons. The number of nitrogens with two attached hydrogens (primary N) is 1. The molecule has 0 radical (unpaired) electrons. The Balaban J connectivity index is 1.94. The minimum Gasteiger partial charge on any atom is -0.437 e. The molecule has 0 fully saturated rings. The topological polar surface area (TPSA) is 109 Å². The van der Waals surface area contributed by atoms with Crippen molar-refractivity contribution in [2.75, 3.05) is 21.1 Å². The number of guanidine groups is 1. The molecule has 1 amide bonds. The van der Waals surface area contributed by atoms with Gasteiger partial charge in [0.1, 0.15) is 5.69 Å². The Labute approximate surface area is 167 Å². The van der Waals surface area contributed by atoms with E-state index in [9.17, 15) is 4.79 Å². The minimum absolute atomic E-state index is 0.0214. The summed E-state index contributed by atoms with van der Waals surface area (Å²) in [5.74, 6) is 0.552. The zero-order valence-corrected chi connectivity index (χ0v) is 16.5. The molecule has 0 saturated heterocycles. The van der Waals surface area contributed by atoms with Gasteiger partial charge in [0.2, 0.25) is 5.88 Å². The van der Waals surface area contributed by atoms with E-state index in [2.05, 4.69) is 25.2 Å². The molecule has 3 aromatic rings. The number of hydrogen-bond acceptors (Lipinski definition) is 5. The number of rotatable bonds is 5. The Bertz CT molecular complexity index is 1040. The van der Waals surface area contributed by atoms with E-state index >= 15 is 0 Å². The number of fused-ring (bicyclic) bond motifs is 1. The van der Waals surface area contributed by atoms with E-state index in [1.165, 1.54) is 7.05 Å². The lowest BCUT2D eigenvalue weighted by molar-refractivity contribution is 0.0972. The van der Waals surface area contributed by atoms with Crippen LogP contribution in [-0.2, 0) is 6.54 Å². The molecule has 0 aliphatic heterocycles. The summed E-state index contributed by atoms with van der Waals surface area (Å²) >= 11 is 6.29. The van der Waals surface area contributed by atoms with Crippen LogP contribution < -0.4 is 15.8 Å². The molecule has 0 spiro atoms. The van der Waals surface area contributed by atoms with Crippen LogP contribution >= 0.6 is 11.6 Å². The molecular weight excluding hydrogens is 380 g/mol. The van der Waals surface area contributed by atoms with Gasteiger partial charge in [0, 0.05) is 31.2 Å². The van der Waals surface area contributed by atoms with Crippen LogP contribution in [0.1, 0.15) is 16.1 Å². The Morgan fingerprint density at radius 1 is 1.36 bits per heavy atom. The third kappa shape index (κ3) is 4.41. The predicted molar refractivity (Wildman–Crippen MR) is 110 cm³/mol. The van der Waals surface area contributed by atoms with Crippen molar-refractivity contribution < 1.29 is 9.53 Å². The Morgan fingerprint density at radius 2 is 2.14 bits per heavy atom. The number of aromatic amines is 1. The van der Waals surface area contributed by atoms with Gasteiger partial charge in [-0.3, -0.25) is 15.1 Å². The summed E-state index contributed by atoms with van der Waals surface area (Å²) in [5, 5.41) is 3.62. The van der Waals surface area contributed by atoms with E-state index in [0.29, 0.717) is 27.6 Å². The van der Waals surface area contributed by atoms with Gasteiger partial charge in [-0.2, -0.15) is 0 Å². The van der Waals surface area contributed by atoms with Gasteiger partial charge >= 0.3 is 0 Å². The van der Waals surface area contributed by atoms with Gasteiger partial charge in [-0.1, -0.05) is 11.6 Å². The summed E-state index contributed by atoms with van der Waals surface area (Å²) in [5.41, 5.74) is 7.50. The molecule has 28 heavy (non-hydrogen) atoms. The minimum atomic E-state index is -0.424. The van der Waals surface area contributed by atoms with E-state index in [1.807, 2.05) is 26.2 Å². The Morgan fingerprint density at radius 3 is 2.86 bits per heavy atom. The molecule has 2 heterocycles. The number of carbonyl (C=O) groups excluding carboxylic acids is 1. The summed E-state index contributed by atoms with van der Waals surface area (Å²) in [6.07, 6.45) is 1.70. The van der Waals surface area contributed by atoms with E-state index in [-0.39, 0.29) is 11.7 Å². The monoisotopic (exact) mass is 400 g/mol. The van der Waals surface area contributed by atoms with Gasteiger partial charge < -0.3 is 20.4 Å². The number of pyridine rings is 1. The number of amides is 1. The number of aliphatic imine (C=N–C) groups is 1. The molecule has 4 N–H and O–H groups in total. The van der Waals surface area contributed by atoms with E-state index < -0.39 is 5.91 Å². The zero-order valence-electron chi connectivity index (χ0n) is 15.8. The molecule has 0 atom stereocenters. The van der Waals surface area contributed by atoms with Gasteiger partial charge in [0.05, 0.1) is 10.5 Å². The molecule has 8 nitrogen and oxygen atoms in total. The van der Waals surface area contributed by atoms with Crippen LogP contribution in [-0.4, -0.2) is 47.9 Å². The predicted octanol–water partition coefficient (Wildman–Crippen LogP) is 2.74. The number of nitrogens with zero attached hydrogens (tertiary/aromatic N) is 3. The summed E-state index contributed by atoms with van der Waals surface area (Å²) < 4.78 is 5.96. The van der Waals surface area contributed by atoms with Crippen molar-refractivity contribution in [2.45, 2.75) is 6.54 Å². The summed E-state index contributed by atoms with van der Waals surface area (Å²) in [6.45, 7) is 0.766. The first-order chi connectivity index (χ1) is 13.4. The Kier molecular flexibility index (Phi) is 5.81. The number of halogens is 1. The summed E-state index contributed by atoms with van der Waals surface area (Å²) in [4.78, 5) is 25.4. The van der Waals surface area contributed by atoms with Crippen LogP contribution in [0.4, 0.5) is 0 Å². The quantitative estimate of drug-likeness (QED) is 0.450. The Hall–Kier alpha value is -3.10. The fraction of sp³-hybridized carbons (Fsp3) is 0.211. The van der Waals surface area contributed by atoms with Crippen molar-refractivity contribution in [1.82, 2.24) is 20.2 Å². The number of benzene rings is 1. The lowest BCUT2D eigenvalue weighted by Crippen LogP contribution is -2.36. The van der Waals surface area contributed by atoms with Gasteiger partial charge in [-0.15, -0.1) is 0 Å². The fourth-order valence-electron chi connectivity index (χ4n) is 2.69. The zero-order chi connectivity index (χ0) is 20.3. The van der Waals surface area contributed by atoms with Gasteiger partial charge in [-0.05, 0) is 43.9 Å². The number of H-pyrrole nitrogens is 1. The van der Waals surface area contributed by atoms with Crippen LogP contribution in [0.25, 0.3) is 10.9 Å². The van der Waals surface area contributed by atoms with E-state index in [1.54, 1.807) is 24.4 Å². The summed E-state index contributed by atoms with van der Waals surface area (Å²) in [7, 11) is 5.47. The molecule has 3 rings (SSSR count). The van der Waals surface area contributed by atoms with Crippen LogP contribution in [0.15, 0.2) is 41.5 Å². The van der Waals surface area contributed by atoms with Gasteiger partial charge in [0.25, 0.3) is 5.91 Å². The molecule has 1 aromatic carbocycles. The first kappa shape index (κ1) is 19.7. The van der Waals surface area contributed by atoms with Crippen LogP contribution in [0, 0.1) is 0 Å². The number of hydrogen-bond donors (Lipinski definition) is 3. The van der Waals surface area contributed by atoms with E-state index in [4.69, 9.17) is 22.1 Å². The SMILES string of the molecule is CN=C(N)NC(=O)c1cc2c(Cl)ccc(Oc3cc(CN(C)C)ccn3)c2[nH]1. The third-order valence-corrected chi connectivity index (χ3v) is 4.27. The van der Waals surface area contributed by atoms with Gasteiger partial charge in [-0.25, -0.2) is 4.98 Å². The van der Waals surface area contributed by atoms with E-state index in [0.717, 1.165) is 12.1 Å². The molecule has 0 bridgehead atoms. The highest BCUT2D eigenvalue weighted by Gasteiger charge is 2.16. The second-order valence-corrected chi connectivity index (χ2v) is 6.83. The number of ether oxygens (including phenoxy) is 1. The number of carbonyl (C=O) groups is 1. The molecule has 0 aliphatic rings. The van der Waals surface area contributed by atoms with Crippen molar-refractivity contribution in [3.8, 4) is 11.6 Å². The highest BCUT2D eigenvalue weighted by molar-refractivity contribution is 6.36. The number of nitrogens with one attached hydrogen (secondary N) is 2. The van der Waals surface area contributed by atoms with Crippen molar-refractivity contribution in [1.29, 1.82) is 0 Å². The molecule has 9 heteroatoms. The average Bonchev–Trinajstić information content (AvgIpc) is 3.10. The smallest absolute Gasteiger partial charge is 0.274 e. The molecule has 0 aliphatic carbocycles. The van der Waals surface area contributed by atoms with Crippen LogP contribution in [0.2, 0.25) is 5.02 Å². The highest BCUT2D eigenvalue weighted by Crippen LogP contribution is 2.34. The average molecular weight is 401 g/mol. The lowest BCUT2D eigenvalue weighted by atomic mass is 10.2. The van der Waals surface area contributed by atoms with Crippen molar-refractivity contribution >= 4 is 34.4 Å². The third-order valence-electron chi connectivity index (χ3n) is 3.94. The highest BCUT2D eigenvalue weighted by atomic mass is 35.5. The van der Waals surface area contributed by atoms with Gasteiger partial charge in [0.15, 0.2) is 11.7 Å². The lowest BCUT2D eigenvalue weighted by Gasteiger charge is -2.11. The first-order valence-electron chi connectivity index (χ1n) is 8.49. The normalized spacial score (nSPS) is 11.8. The van der Waals surface area contributed by atoms with Crippen molar-refractivity contribution in [2.24, 2.45) is 10.7 Å². The standard InChI is InChI=1S/C19H21ClN6O2/c1-22-19(21)25-18(27)14-9-12-13(20)4-5-15(17(12)24-14)28-16-8-11(6-7-23-16)10-26(2)3/h4-9,24H,10H2,1-3H3,(H3,21,22,25,27). The summed E-state index contributed by atoms with van der Waals surface area (Å²) in [6, 6.07) is 8.88. The number of aromatic nitrogens is 2. The maximum atomic E-state index is 12.3. The second kappa shape index (κ2) is 8.28. The van der Waals surface area contributed by atoms with Crippen LogP contribution in [0.5, 0.6) is 11.6 Å². The van der Waals surface area contributed by atoms with Crippen LogP contribution in [0.3, 0.4) is 0 Å². The fourth-order valence-corrected chi connectivity index (χ4v) is 2.90. The largest absolute Gasteiger partial charge is 0.437 e. The van der Waals surface area contributed by atoms with Crippen molar-refractivity contribution in [3.63, 3.8) is 0 Å².